The van der Waals surface area contributed by atoms with Crippen LogP contribution < -0.4 is 10.2 Å². The molecule has 28 heavy (non-hydrogen) atoms. The molecule has 0 amide bonds. The molecule has 2 aromatic heterocycles. The van der Waals surface area contributed by atoms with E-state index in [4.69, 9.17) is 10.2 Å². The Labute approximate surface area is 171 Å². The SMILES string of the molecule is CC(C)(C)[Si](C)(C)Oc1ccc2nc(C=CC#Cc3ccc(N)nc3)sc2c1. The van der Waals surface area contributed by atoms with Crippen molar-refractivity contribution in [3.63, 3.8) is 0 Å². The summed E-state index contributed by atoms with van der Waals surface area (Å²) in [5.74, 6) is 7.46. The van der Waals surface area contributed by atoms with Crippen molar-refractivity contribution in [3.05, 3.63) is 53.2 Å². The minimum absolute atomic E-state index is 0.169. The lowest BCUT2D eigenvalue weighted by atomic mass is 10.2. The van der Waals surface area contributed by atoms with Gasteiger partial charge in [0.25, 0.3) is 0 Å². The molecule has 3 aromatic rings. The first-order valence-corrected chi connectivity index (χ1v) is 12.9. The number of hydrogen-bond acceptors (Lipinski definition) is 5. The average Bonchev–Trinajstić information content (AvgIpc) is 3.01. The van der Waals surface area contributed by atoms with E-state index in [1.54, 1.807) is 29.7 Å². The first-order chi connectivity index (χ1) is 13.1. The van der Waals surface area contributed by atoms with Gasteiger partial charge in [-0.3, -0.25) is 0 Å². The molecule has 2 heterocycles. The number of thiazole rings is 1. The van der Waals surface area contributed by atoms with Crippen molar-refractivity contribution in [2.45, 2.75) is 38.9 Å². The Balaban J connectivity index is 1.75. The Morgan fingerprint density at radius 1 is 1.18 bits per heavy atom. The van der Waals surface area contributed by atoms with E-state index in [1.807, 2.05) is 24.3 Å². The molecule has 0 saturated heterocycles. The number of benzene rings is 1. The van der Waals surface area contributed by atoms with E-state index in [1.165, 1.54) is 0 Å². The van der Waals surface area contributed by atoms with E-state index >= 15 is 0 Å². The van der Waals surface area contributed by atoms with E-state index in [2.05, 4.69) is 61.7 Å². The van der Waals surface area contributed by atoms with E-state index in [0.29, 0.717) is 5.82 Å². The second-order valence-electron chi connectivity index (χ2n) is 8.12. The van der Waals surface area contributed by atoms with Crippen LogP contribution in [0.3, 0.4) is 0 Å². The second-order valence-corrected chi connectivity index (χ2v) is 13.9. The van der Waals surface area contributed by atoms with Crippen LogP contribution in [0.5, 0.6) is 5.75 Å². The van der Waals surface area contributed by atoms with Crippen LogP contribution in [0, 0.1) is 11.8 Å². The van der Waals surface area contributed by atoms with Crippen LogP contribution in [0.2, 0.25) is 18.1 Å². The fourth-order valence-electron chi connectivity index (χ4n) is 2.22. The van der Waals surface area contributed by atoms with Crippen molar-refractivity contribution in [1.82, 2.24) is 9.97 Å². The maximum Gasteiger partial charge on any atom is 0.250 e. The van der Waals surface area contributed by atoms with Gasteiger partial charge >= 0.3 is 0 Å². The maximum atomic E-state index is 6.40. The highest BCUT2D eigenvalue weighted by molar-refractivity contribution is 7.19. The molecule has 3 rings (SSSR count). The molecule has 6 heteroatoms. The minimum atomic E-state index is -1.85. The monoisotopic (exact) mass is 407 g/mol. The molecular weight excluding hydrogens is 382 g/mol. The van der Waals surface area contributed by atoms with Gasteiger partial charge in [-0.1, -0.05) is 32.6 Å². The summed E-state index contributed by atoms with van der Waals surface area (Å²) < 4.78 is 7.52. The number of allylic oxidation sites excluding steroid dienone is 1. The number of nitrogens with zero attached hydrogens (tertiary/aromatic N) is 2. The fourth-order valence-corrected chi connectivity index (χ4v) is 4.14. The predicted molar refractivity (Wildman–Crippen MR) is 122 cm³/mol. The molecule has 0 fully saturated rings. The standard InChI is InChI=1S/C22H25N3OSSi/c1-22(2,3)28(4,5)26-17-11-12-18-19(14-17)27-21(25-18)9-7-6-8-16-10-13-20(23)24-15-16/h7,9-15H,1-5H3,(H2,23,24). The number of aromatic nitrogens is 2. The van der Waals surface area contributed by atoms with Crippen LogP contribution in [0.15, 0.2) is 42.6 Å². The van der Waals surface area contributed by atoms with Crippen molar-refractivity contribution in [2.75, 3.05) is 5.73 Å². The normalized spacial score (nSPS) is 12.2. The van der Waals surface area contributed by atoms with Gasteiger partial charge in [-0.2, -0.15) is 0 Å². The van der Waals surface area contributed by atoms with Crippen LogP contribution in [0.4, 0.5) is 5.82 Å². The average molecular weight is 408 g/mol. The molecule has 1 aromatic carbocycles. The third kappa shape index (κ3) is 4.80. The topological polar surface area (TPSA) is 61.0 Å². The largest absolute Gasteiger partial charge is 0.543 e. The van der Waals surface area contributed by atoms with Gasteiger partial charge in [-0.25, -0.2) is 9.97 Å². The molecule has 0 saturated carbocycles. The molecule has 144 valence electrons. The van der Waals surface area contributed by atoms with Gasteiger partial charge in [-0.15, -0.1) is 11.3 Å². The van der Waals surface area contributed by atoms with Crippen molar-refractivity contribution in [1.29, 1.82) is 0 Å². The van der Waals surface area contributed by atoms with E-state index < -0.39 is 8.32 Å². The summed E-state index contributed by atoms with van der Waals surface area (Å²) in [7, 11) is -1.85. The fraction of sp³-hybridized carbons (Fsp3) is 0.273. The molecule has 0 unspecified atom stereocenters. The third-order valence-electron chi connectivity index (χ3n) is 4.87. The lowest BCUT2D eigenvalue weighted by Crippen LogP contribution is -2.43. The second kappa shape index (κ2) is 7.78. The first-order valence-electron chi connectivity index (χ1n) is 9.13. The number of rotatable bonds is 3. The highest BCUT2D eigenvalue weighted by atomic mass is 32.1. The van der Waals surface area contributed by atoms with Crippen molar-refractivity contribution >= 4 is 41.8 Å². The number of pyridine rings is 1. The van der Waals surface area contributed by atoms with Crippen LogP contribution in [0.25, 0.3) is 16.3 Å². The van der Waals surface area contributed by atoms with Crippen molar-refractivity contribution in [2.24, 2.45) is 0 Å². The molecule has 0 aliphatic carbocycles. The Morgan fingerprint density at radius 2 is 1.96 bits per heavy atom. The van der Waals surface area contributed by atoms with Crippen molar-refractivity contribution < 1.29 is 4.43 Å². The van der Waals surface area contributed by atoms with Crippen LogP contribution >= 0.6 is 11.3 Å². The first kappa shape index (κ1) is 20.1. The van der Waals surface area contributed by atoms with Gasteiger partial charge in [0.05, 0.1) is 10.2 Å². The summed E-state index contributed by atoms with van der Waals surface area (Å²) in [5.41, 5.74) is 7.38. The third-order valence-corrected chi connectivity index (χ3v) is 10.2. The summed E-state index contributed by atoms with van der Waals surface area (Å²) in [6.45, 7) is 11.2. The maximum absolute atomic E-state index is 6.40. The van der Waals surface area contributed by atoms with Gasteiger partial charge in [0, 0.05) is 11.8 Å². The van der Waals surface area contributed by atoms with Gasteiger partial charge < -0.3 is 10.2 Å². The summed E-state index contributed by atoms with van der Waals surface area (Å²) in [6, 6.07) is 9.73. The molecule has 0 bridgehead atoms. The Hall–Kier alpha value is -2.62. The van der Waals surface area contributed by atoms with Gasteiger partial charge in [-0.05, 0) is 60.6 Å². The Morgan fingerprint density at radius 3 is 2.64 bits per heavy atom. The van der Waals surface area contributed by atoms with E-state index in [0.717, 1.165) is 26.5 Å². The number of nitrogens with two attached hydrogens (primary N) is 1. The minimum Gasteiger partial charge on any atom is -0.543 e. The van der Waals surface area contributed by atoms with Crippen LogP contribution in [0.1, 0.15) is 31.3 Å². The molecule has 0 atom stereocenters. The Bertz CT molecular complexity index is 1070. The molecule has 0 spiro atoms. The van der Waals surface area contributed by atoms with E-state index in [-0.39, 0.29) is 5.04 Å². The van der Waals surface area contributed by atoms with Gasteiger partial charge in [0.15, 0.2) is 0 Å². The molecule has 0 radical (unpaired) electrons. The summed E-state index contributed by atoms with van der Waals surface area (Å²) in [5, 5.41) is 1.09. The molecule has 4 nitrogen and oxygen atoms in total. The Kier molecular flexibility index (Phi) is 5.59. The zero-order valence-corrected chi connectivity index (χ0v) is 18.7. The number of fused-ring (bicyclic) bond motifs is 1. The van der Waals surface area contributed by atoms with Crippen molar-refractivity contribution in [3.8, 4) is 17.6 Å². The number of anilines is 1. The number of nitrogen functional groups attached to an aromatic ring is 1. The number of hydrogen-bond donors (Lipinski definition) is 1. The highest BCUT2D eigenvalue weighted by Gasteiger charge is 2.38. The van der Waals surface area contributed by atoms with E-state index in [9.17, 15) is 0 Å². The van der Waals surface area contributed by atoms with Crippen LogP contribution in [-0.4, -0.2) is 18.3 Å². The smallest absolute Gasteiger partial charge is 0.250 e. The zero-order chi connectivity index (χ0) is 20.4. The lowest BCUT2D eigenvalue weighted by Gasteiger charge is -2.36. The lowest BCUT2D eigenvalue weighted by molar-refractivity contribution is 0.493. The molecule has 0 aliphatic heterocycles. The van der Waals surface area contributed by atoms with Crippen LogP contribution in [-0.2, 0) is 0 Å². The molecular formula is C22H25N3OSSi. The predicted octanol–water partition coefficient (Wildman–Crippen LogP) is 5.72. The zero-order valence-electron chi connectivity index (χ0n) is 16.9. The quantitative estimate of drug-likeness (QED) is 0.445. The summed E-state index contributed by atoms with van der Waals surface area (Å²) in [6.07, 6.45) is 5.40. The molecule has 0 aliphatic rings. The van der Waals surface area contributed by atoms with Gasteiger partial charge in [0.2, 0.25) is 8.32 Å². The molecule has 2 N–H and O–H groups in total. The summed E-state index contributed by atoms with van der Waals surface area (Å²) >= 11 is 1.63. The summed E-state index contributed by atoms with van der Waals surface area (Å²) in [4.78, 5) is 8.67. The highest BCUT2D eigenvalue weighted by Crippen LogP contribution is 2.38. The van der Waals surface area contributed by atoms with Gasteiger partial charge in [0.1, 0.15) is 16.6 Å².